The quantitative estimate of drug-likeness (QED) is 0.277. The minimum atomic E-state index is -1.10. The SMILES string of the molecule is Nc1ncccc1-c1nc2ccc(-n3cccn3)nc2n1-c1ccc2c(c1)CC[C@@H]2n1cnc2c(F)c(O)c(C=O)cc2c1=O. The Balaban J connectivity index is 1.28. The van der Waals surface area contributed by atoms with Crippen LogP contribution < -0.4 is 11.3 Å². The van der Waals surface area contributed by atoms with E-state index in [2.05, 4.69) is 15.1 Å². The lowest BCUT2D eigenvalue weighted by atomic mass is 10.1. The average molecular weight is 600 g/mol. The number of hydrogen-bond acceptors (Lipinski definition) is 9. The summed E-state index contributed by atoms with van der Waals surface area (Å²) in [6, 6.07) is 15.9. The number of fused-ring (bicyclic) bond motifs is 3. The van der Waals surface area contributed by atoms with Gasteiger partial charge in [0.1, 0.15) is 16.9 Å². The third-order valence-corrected chi connectivity index (χ3v) is 8.22. The molecule has 13 heteroatoms. The molecular formula is C32H22FN9O3. The molecule has 12 nitrogen and oxygen atoms in total. The van der Waals surface area contributed by atoms with Gasteiger partial charge in [-0.15, -0.1) is 0 Å². The molecule has 3 N–H and O–H groups in total. The standard InChI is InChI=1S/C32H22FN9O3/c33-26-27-22(14-18(15-43)28(26)44)32(45)40(16-36-27)24-8-4-17-13-19(5-6-20(17)24)42-30(21-3-1-10-35-29(21)34)38-23-7-9-25(39-31(23)42)41-12-2-11-37-41/h1-3,5-7,9-16,24,44H,4,8H2,(H2,34,35)/t24-/m0/s1. The molecule has 7 aromatic rings. The zero-order valence-corrected chi connectivity index (χ0v) is 23.4. The van der Waals surface area contributed by atoms with E-state index in [0.717, 1.165) is 16.8 Å². The van der Waals surface area contributed by atoms with E-state index in [1.54, 1.807) is 23.1 Å². The topological polar surface area (TPSA) is 160 Å². The number of phenolic OH excluding ortho intramolecular Hbond substituents is 1. The maximum Gasteiger partial charge on any atom is 0.261 e. The number of phenols is 1. The van der Waals surface area contributed by atoms with Crippen LogP contribution in [0.25, 0.3) is 45.0 Å². The van der Waals surface area contributed by atoms with Crippen LogP contribution >= 0.6 is 0 Å². The van der Waals surface area contributed by atoms with Crippen LogP contribution in [-0.4, -0.2) is 50.2 Å². The van der Waals surface area contributed by atoms with Crippen molar-refractivity contribution in [1.29, 1.82) is 0 Å². The van der Waals surface area contributed by atoms with E-state index in [9.17, 15) is 19.1 Å². The van der Waals surface area contributed by atoms with Crippen molar-refractivity contribution < 1.29 is 14.3 Å². The lowest BCUT2D eigenvalue weighted by Gasteiger charge is -2.17. The van der Waals surface area contributed by atoms with Crippen molar-refractivity contribution in [1.82, 2.24) is 38.9 Å². The summed E-state index contributed by atoms with van der Waals surface area (Å²) >= 11 is 0. The van der Waals surface area contributed by atoms with Crippen molar-refractivity contribution in [3.05, 3.63) is 112 Å². The van der Waals surface area contributed by atoms with E-state index < -0.39 is 17.1 Å². The van der Waals surface area contributed by atoms with Crippen LogP contribution in [0.1, 0.15) is 33.9 Å². The van der Waals surface area contributed by atoms with Gasteiger partial charge in [-0.05, 0) is 72.5 Å². The fourth-order valence-corrected chi connectivity index (χ4v) is 6.08. The van der Waals surface area contributed by atoms with Crippen molar-refractivity contribution in [2.75, 3.05) is 5.73 Å². The van der Waals surface area contributed by atoms with Crippen molar-refractivity contribution in [3.63, 3.8) is 0 Å². The predicted octanol–water partition coefficient (Wildman–Crippen LogP) is 4.15. The number of imidazole rings is 1. The highest BCUT2D eigenvalue weighted by molar-refractivity contribution is 5.90. The number of nitrogen functional groups attached to an aromatic ring is 1. The Hall–Kier alpha value is -6.24. The van der Waals surface area contributed by atoms with E-state index >= 15 is 0 Å². The minimum absolute atomic E-state index is 0.0809. The Morgan fingerprint density at radius 3 is 2.73 bits per heavy atom. The number of rotatable bonds is 5. The molecule has 1 aliphatic carbocycles. The minimum Gasteiger partial charge on any atom is -0.504 e. The lowest BCUT2D eigenvalue weighted by Crippen LogP contribution is -2.25. The Morgan fingerprint density at radius 2 is 1.93 bits per heavy atom. The molecule has 8 rings (SSSR count). The van der Waals surface area contributed by atoms with E-state index in [0.29, 0.717) is 53.3 Å². The highest BCUT2D eigenvalue weighted by atomic mass is 19.1. The Bertz CT molecular complexity index is 2380. The largest absolute Gasteiger partial charge is 0.504 e. The number of aromatic hydroxyl groups is 1. The fourth-order valence-electron chi connectivity index (χ4n) is 6.08. The van der Waals surface area contributed by atoms with Gasteiger partial charge in [0.2, 0.25) is 0 Å². The number of hydrogen-bond donors (Lipinski definition) is 2. The van der Waals surface area contributed by atoms with Gasteiger partial charge in [0, 0.05) is 24.3 Å². The normalized spacial score (nSPS) is 14.3. The molecule has 0 spiro atoms. The Morgan fingerprint density at radius 1 is 1.04 bits per heavy atom. The summed E-state index contributed by atoms with van der Waals surface area (Å²) in [5.41, 5.74) is 9.80. The van der Waals surface area contributed by atoms with Crippen molar-refractivity contribution in [2.45, 2.75) is 18.9 Å². The summed E-state index contributed by atoms with van der Waals surface area (Å²) < 4.78 is 19.8. The molecule has 2 aromatic carbocycles. The molecule has 0 saturated heterocycles. The molecule has 5 heterocycles. The van der Waals surface area contributed by atoms with Gasteiger partial charge in [-0.3, -0.25) is 18.7 Å². The van der Waals surface area contributed by atoms with Gasteiger partial charge in [0.05, 0.1) is 28.9 Å². The highest BCUT2D eigenvalue weighted by Gasteiger charge is 2.28. The molecule has 1 aliphatic rings. The Labute approximate surface area is 252 Å². The number of aryl methyl sites for hydroxylation is 1. The second kappa shape index (κ2) is 9.91. The van der Waals surface area contributed by atoms with E-state index in [4.69, 9.17) is 15.7 Å². The highest BCUT2D eigenvalue weighted by Crippen LogP contribution is 2.37. The predicted molar refractivity (Wildman–Crippen MR) is 163 cm³/mol. The number of carbonyl (C=O) groups excluding carboxylic acids is 1. The number of carbonyl (C=O) groups is 1. The van der Waals surface area contributed by atoms with Gasteiger partial charge >= 0.3 is 0 Å². The van der Waals surface area contributed by atoms with Crippen molar-refractivity contribution in [2.24, 2.45) is 0 Å². The smallest absolute Gasteiger partial charge is 0.261 e. The summed E-state index contributed by atoms with van der Waals surface area (Å²) in [5.74, 6) is -0.412. The molecule has 5 aromatic heterocycles. The number of aldehydes is 1. The van der Waals surface area contributed by atoms with Crippen LogP contribution in [0, 0.1) is 5.82 Å². The van der Waals surface area contributed by atoms with Crippen LogP contribution in [0.5, 0.6) is 5.75 Å². The molecule has 0 fully saturated rings. The fraction of sp³-hybridized carbons (Fsp3) is 0.0938. The Kier molecular flexibility index (Phi) is 5.81. The number of nitrogens with zero attached hydrogens (tertiary/aromatic N) is 8. The first kappa shape index (κ1) is 26.4. The number of pyridine rings is 2. The number of halogens is 1. The summed E-state index contributed by atoms with van der Waals surface area (Å²) in [6.07, 6.45) is 7.96. The lowest BCUT2D eigenvalue weighted by molar-refractivity contribution is 0.112. The van der Waals surface area contributed by atoms with Crippen LogP contribution in [0.15, 0.2) is 84.3 Å². The van der Waals surface area contributed by atoms with Gasteiger partial charge in [-0.2, -0.15) is 5.10 Å². The third-order valence-electron chi connectivity index (χ3n) is 8.22. The molecule has 0 unspecified atom stereocenters. The second-order valence-corrected chi connectivity index (χ2v) is 10.7. The van der Waals surface area contributed by atoms with Gasteiger partial charge in [-0.1, -0.05) is 6.07 Å². The van der Waals surface area contributed by atoms with Crippen molar-refractivity contribution in [3.8, 4) is 28.6 Å². The van der Waals surface area contributed by atoms with E-state index in [1.165, 1.54) is 17.0 Å². The van der Waals surface area contributed by atoms with Gasteiger partial charge < -0.3 is 10.8 Å². The molecule has 0 aliphatic heterocycles. The first-order valence-electron chi connectivity index (χ1n) is 14.0. The van der Waals surface area contributed by atoms with E-state index in [1.807, 2.05) is 53.2 Å². The molecule has 0 radical (unpaired) electrons. The van der Waals surface area contributed by atoms with Gasteiger partial charge in [0.15, 0.2) is 35.1 Å². The van der Waals surface area contributed by atoms with Crippen molar-refractivity contribution >= 4 is 34.2 Å². The third kappa shape index (κ3) is 4.01. The maximum atomic E-state index is 14.7. The molecule has 220 valence electrons. The first-order valence-corrected chi connectivity index (χ1v) is 14.0. The zero-order valence-electron chi connectivity index (χ0n) is 23.4. The molecular weight excluding hydrogens is 577 g/mol. The summed E-state index contributed by atoms with van der Waals surface area (Å²) in [5, 5.41) is 14.2. The van der Waals surface area contributed by atoms with Crippen LogP contribution in [0.2, 0.25) is 0 Å². The molecule has 1 atom stereocenters. The van der Waals surface area contributed by atoms with Crippen LogP contribution in [-0.2, 0) is 6.42 Å². The van der Waals surface area contributed by atoms with Crippen LogP contribution in [0.3, 0.4) is 0 Å². The maximum absolute atomic E-state index is 14.7. The first-order chi connectivity index (χ1) is 21.9. The van der Waals surface area contributed by atoms with Gasteiger partial charge in [-0.25, -0.2) is 29.0 Å². The number of aromatic nitrogens is 8. The summed E-state index contributed by atoms with van der Waals surface area (Å²) in [4.78, 5) is 43.1. The molecule has 0 saturated carbocycles. The number of anilines is 1. The number of nitrogens with two attached hydrogens (primary N) is 1. The monoisotopic (exact) mass is 599 g/mol. The zero-order chi connectivity index (χ0) is 30.8. The second-order valence-electron chi connectivity index (χ2n) is 10.7. The molecule has 0 amide bonds. The van der Waals surface area contributed by atoms with E-state index in [-0.39, 0.29) is 22.5 Å². The summed E-state index contributed by atoms with van der Waals surface area (Å²) in [6.45, 7) is 0. The van der Waals surface area contributed by atoms with Gasteiger partial charge in [0.25, 0.3) is 5.56 Å². The molecule has 0 bridgehead atoms. The molecule has 45 heavy (non-hydrogen) atoms. The number of benzene rings is 2. The summed E-state index contributed by atoms with van der Waals surface area (Å²) in [7, 11) is 0. The van der Waals surface area contributed by atoms with Crippen LogP contribution in [0.4, 0.5) is 10.2 Å². The average Bonchev–Trinajstić information content (AvgIpc) is 3.82.